The van der Waals surface area contributed by atoms with Crippen LogP contribution >= 0.6 is 0 Å². The van der Waals surface area contributed by atoms with Crippen molar-refractivity contribution in [1.82, 2.24) is 4.90 Å². The number of methoxy groups -OCH3 is 1. The lowest BCUT2D eigenvalue weighted by atomic mass is 9.99. The SMILES string of the molecule is COCCN(C)C.OC1CCCCCCCCC1. The lowest BCUT2D eigenvalue weighted by Crippen LogP contribution is -2.16. The maximum absolute atomic E-state index is 9.43. The van der Waals surface area contributed by atoms with E-state index in [0.29, 0.717) is 0 Å². The van der Waals surface area contributed by atoms with Gasteiger partial charge in [0, 0.05) is 13.7 Å². The molecule has 18 heavy (non-hydrogen) atoms. The van der Waals surface area contributed by atoms with Crippen LogP contribution in [-0.4, -0.2) is 50.5 Å². The van der Waals surface area contributed by atoms with Crippen molar-refractivity contribution in [3.05, 3.63) is 0 Å². The van der Waals surface area contributed by atoms with Gasteiger partial charge in [0.1, 0.15) is 0 Å². The summed E-state index contributed by atoms with van der Waals surface area (Å²) in [4.78, 5) is 2.09. The second-order valence-corrected chi connectivity index (χ2v) is 5.50. The highest BCUT2D eigenvalue weighted by Crippen LogP contribution is 2.16. The van der Waals surface area contributed by atoms with Crippen molar-refractivity contribution in [3.63, 3.8) is 0 Å². The van der Waals surface area contributed by atoms with E-state index in [1.165, 1.54) is 44.9 Å². The summed E-state index contributed by atoms with van der Waals surface area (Å²) in [7, 11) is 5.77. The number of aliphatic hydroxyl groups is 1. The maximum atomic E-state index is 9.43. The van der Waals surface area contributed by atoms with Crippen molar-refractivity contribution in [2.24, 2.45) is 0 Å². The monoisotopic (exact) mass is 259 g/mol. The summed E-state index contributed by atoms with van der Waals surface area (Å²) in [5, 5.41) is 9.43. The molecule has 0 spiro atoms. The van der Waals surface area contributed by atoms with E-state index in [4.69, 9.17) is 4.74 Å². The van der Waals surface area contributed by atoms with Crippen molar-refractivity contribution in [2.75, 3.05) is 34.4 Å². The van der Waals surface area contributed by atoms with Gasteiger partial charge in [-0.15, -0.1) is 0 Å². The second kappa shape index (κ2) is 13.3. The Labute approximate surface area is 114 Å². The molecule has 1 N–H and O–H groups in total. The molecule has 1 saturated carbocycles. The Morgan fingerprint density at radius 1 is 0.944 bits per heavy atom. The third kappa shape index (κ3) is 13.9. The largest absolute Gasteiger partial charge is 0.393 e. The fourth-order valence-electron chi connectivity index (χ4n) is 2.06. The first-order chi connectivity index (χ1) is 8.66. The van der Waals surface area contributed by atoms with Crippen molar-refractivity contribution in [1.29, 1.82) is 0 Å². The van der Waals surface area contributed by atoms with Gasteiger partial charge in [0.05, 0.1) is 12.7 Å². The van der Waals surface area contributed by atoms with Gasteiger partial charge in [0.2, 0.25) is 0 Å². The van der Waals surface area contributed by atoms with E-state index in [1.54, 1.807) is 7.11 Å². The minimum Gasteiger partial charge on any atom is -0.393 e. The summed E-state index contributed by atoms with van der Waals surface area (Å²) in [5.74, 6) is 0. The zero-order valence-corrected chi connectivity index (χ0v) is 12.7. The van der Waals surface area contributed by atoms with Crippen molar-refractivity contribution < 1.29 is 9.84 Å². The van der Waals surface area contributed by atoms with E-state index in [-0.39, 0.29) is 6.10 Å². The molecule has 0 aliphatic heterocycles. The van der Waals surface area contributed by atoms with Crippen molar-refractivity contribution in [2.45, 2.75) is 63.9 Å². The van der Waals surface area contributed by atoms with Gasteiger partial charge in [0.15, 0.2) is 0 Å². The molecule has 0 saturated heterocycles. The summed E-state index contributed by atoms with van der Waals surface area (Å²) in [6.07, 6.45) is 11.4. The summed E-state index contributed by atoms with van der Waals surface area (Å²) in [5.41, 5.74) is 0. The van der Waals surface area contributed by atoms with Crippen molar-refractivity contribution >= 4 is 0 Å². The Bertz CT molecular complexity index is 153. The minimum absolute atomic E-state index is 0.00750. The van der Waals surface area contributed by atoms with Gasteiger partial charge in [0.25, 0.3) is 0 Å². The zero-order valence-electron chi connectivity index (χ0n) is 12.7. The number of hydrogen-bond donors (Lipinski definition) is 1. The maximum Gasteiger partial charge on any atom is 0.0589 e. The van der Waals surface area contributed by atoms with Crippen LogP contribution < -0.4 is 0 Å². The van der Waals surface area contributed by atoms with Crippen LogP contribution in [0.3, 0.4) is 0 Å². The molecule has 0 aromatic rings. The molecule has 0 amide bonds. The Balaban J connectivity index is 0.000000360. The first kappa shape index (κ1) is 17.9. The predicted molar refractivity (Wildman–Crippen MR) is 78.0 cm³/mol. The lowest BCUT2D eigenvalue weighted by Gasteiger charge is -2.12. The molecule has 1 aliphatic rings. The average Bonchev–Trinajstić information content (AvgIpc) is 2.36. The third-order valence-electron chi connectivity index (χ3n) is 3.32. The minimum atomic E-state index is 0.00750. The van der Waals surface area contributed by atoms with Gasteiger partial charge in [-0.1, -0.05) is 44.9 Å². The third-order valence-corrected chi connectivity index (χ3v) is 3.32. The fraction of sp³-hybridized carbons (Fsp3) is 1.00. The Morgan fingerprint density at radius 3 is 1.72 bits per heavy atom. The predicted octanol–water partition coefficient (Wildman–Crippen LogP) is 3.07. The van der Waals surface area contributed by atoms with E-state index in [2.05, 4.69) is 4.90 Å². The van der Waals surface area contributed by atoms with Crippen LogP contribution in [-0.2, 0) is 4.74 Å². The fourth-order valence-corrected chi connectivity index (χ4v) is 2.06. The summed E-state index contributed by atoms with van der Waals surface area (Å²) >= 11 is 0. The molecule has 3 nitrogen and oxygen atoms in total. The number of nitrogens with zero attached hydrogens (tertiary/aromatic N) is 1. The Morgan fingerprint density at radius 2 is 1.39 bits per heavy atom. The Kier molecular flexibility index (Phi) is 13.2. The van der Waals surface area contributed by atoms with Crippen LogP contribution in [0.5, 0.6) is 0 Å². The topological polar surface area (TPSA) is 32.7 Å². The zero-order chi connectivity index (χ0) is 13.6. The molecule has 3 heteroatoms. The number of hydrogen-bond acceptors (Lipinski definition) is 3. The van der Waals surface area contributed by atoms with Crippen LogP contribution in [0.1, 0.15) is 57.8 Å². The highest BCUT2D eigenvalue weighted by Gasteiger charge is 2.05. The molecular formula is C15H33NO2. The van der Waals surface area contributed by atoms with Crippen LogP contribution in [0.25, 0.3) is 0 Å². The molecule has 1 rings (SSSR count). The van der Waals surface area contributed by atoms with Crippen LogP contribution in [0.2, 0.25) is 0 Å². The molecular weight excluding hydrogens is 226 g/mol. The highest BCUT2D eigenvalue weighted by atomic mass is 16.5. The van der Waals surface area contributed by atoms with E-state index >= 15 is 0 Å². The standard InChI is InChI=1S/C10H20O.C5H13NO/c11-10-8-6-4-2-1-3-5-7-9-10;1-6(2)4-5-7-3/h10-11H,1-9H2;4-5H2,1-3H3. The number of aliphatic hydroxyl groups excluding tert-OH is 1. The lowest BCUT2D eigenvalue weighted by molar-refractivity contribution is 0.145. The molecule has 0 radical (unpaired) electrons. The van der Waals surface area contributed by atoms with E-state index in [0.717, 1.165) is 26.0 Å². The van der Waals surface area contributed by atoms with Gasteiger partial charge >= 0.3 is 0 Å². The van der Waals surface area contributed by atoms with E-state index < -0.39 is 0 Å². The van der Waals surface area contributed by atoms with Gasteiger partial charge in [-0.25, -0.2) is 0 Å². The summed E-state index contributed by atoms with van der Waals surface area (Å²) < 4.78 is 4.81. The highest BCUT2D eigenvalue weighted by molar-refractivity contribution is 4.59. The molecule has 0 bridgehead atoms. The number of likely N-dealkylation sites (N-methyl/N-ethyl adjacent to an activating group) is 1. The van der Waals surface area contributed by atoms with Gasteiger partial charge < -0.3 is 14.7 Å². The average molecular weight is 259 g/mol. The molecule has 1 aliphatic carbocycles. The molecule has 1 fully saturated rings. The molecule has 110 valence electrons. The second-order valence-electron chi connectivity index (χ2n) is 5.50. The van der Waals surface area contributed by atoms with Crippen LogP contribution in [0.15, 0.2) is 0 Å². The summed E-state index contributed by atoms with van der Waals surface area (Å²) in [6, 6.07) is 0. The quantitative estimate of drug-likeness (QED) is 0.845. The van der Waals surface area contributed by atoms with E-state index in [1.807, 2.05) is 14.1 Å². The molecule has 0 aromatic heterocycles. The molecule has 0 heterocycles. The van der Waals surface area contributed by atoms with Gasteiger partial charge in [-0.3, -0.25) is 0 Å². The summed E-state index contributed by atoms with van der Waals surface area (Å²) in [6.45, 7) is 1.84. The Hall–Kier alpha value is -0.120. The van der Waals surface area contributed by atoms with Crippen LogP contribution in [0, 0.1) is 0 Å². The van der Waals surface area contributed by atoms with Crippen molar-refractivity contribution in [3.8, 4) is 0 Å². The smallest absolute Gasteiger partial charge is 0.0589 e. The van der Waals surface area contributed by atoms with Gasteiger partial charge in [-0.2, -0.15) is 0 Å². The first-order valence-corrected chi connectivity index (χ1v) is 7.48. The first-order valence-electron chi connectivity index (χ1n) is 7.48. The molecule has 0 aromatic carbocycles. The van der Waals surface area contributed by atoms with Crippen LogP contribution in [0.4, 0.5) is 0 Å². The number of rotatable bonds is 3. The number of ether oxygens (including phenoxy) is 1. The molecule has 0 unspecified atom stereocenters. The molecule has 0 atom stereocenters. The van der Waals surface area contributed by atoms with E-state index in [9.17, 15) is 5.11 Å². The normalized spacial score (nSPS) is 19.2. The van der Waals surface area contributed by atoms with Gasteiger partial charge in [-0.05, 0) is 26.9 Å².